The molecule has 0 saturated heterocycles. The Hall–Kier alpha value is -0.600. The van der Waals surface area contributed by atoms with E-state index in [-0.39, 0.29) is 5.82 Å². The van der Waals surface area contributed by atoms with E-state index in [1.54, 1.807) is 6.07 Å². The summed E-state index contributed by atoms with van der Waals surface area (Å²) in [6.07, 6.45) is 2.18. The lowest BCUT2D eigenvalue weighted by atomic mass is 9.85. The number of nitrogens with one attached hydrogen (secondary N) is 1. The highest BCUT2D eigenvalue weighted by atomic mass is 35.5. The zero-order valence-electron chi connectivity index (χ0n) is 8.55. The highest BCUT2D eigenvalue weighted by molar-refractivity contribution is 6.21. The van der Waals surface area contributed by atoms with Crippen LogP contribution in [0.4, 0.5) is 4.39 Å². The van der Waals surface area contributed by atoms with Crippen LogP contribution in [0.5, 0.6) is 0 Å². The van der Waals surface area contributed by atoms with E-state index >= 15 is 0 Å². The standard InChI is InChI=1S/C12H15ClFN/c13-11-5-9(6-11)7-15-8-10-3-1-2-4-12(10)14/h1-4,9,11,15H,5-8H2. The third kappa shape index (κ3) is 2.93. The van der Waals surface area contributed by atoms with Crippen LogP contribution in [0.25, 0.3) is 0 Å². The third-order valence-electron chi connectivity index (χ3n) is 2.88. The predicted molar refractivity (Wildman–Crippen MR) is 60.5 cm³/mol. The summed E-state index contributed by atoms with van der Waals surface area (Å²) < 4.78 is 13.2. The molecule has 1 aromatic rings. The normalized spacial score (nSPS) is 24.9. The van der Waals surface area contributed by atoms with Gasteiger partial charge in [-0.2, -0.15) is 0 Å². The van der Waals surface area contributed by atoms with Crippen molar-refractivity contribution >= 4 is 11.6 Å². The Kier molecular flexibility index (Phi) is 3.60. The molecule has 0 amide bonds. The number of alkyl halides is 1. The molecule has 0 unspecified atom stereocenters. The van der Waals surface area contributed by atoms with Crippen LogP contribution >= 0.6 is 11.6 Å². The van der Waals surface area contributed by atoms with E-state index in [1.165, 1.54) is 6.07 Å². The van der Waals surface area contributed by atoms with Crippen molar-refractivity contribution in [1.29, 1.82) is 0 Å². The van der Waals surface area contributed by atoms with E-state index in [2.05, 4.69) is 5.32 Å². The molecule has 0 aromatic heterocycles. The van der Waals surface area contributed by atoms with Crippen LogP contribution in [0, 0.1) is 11.7 Å². The van der Waals surface area contributed by atoms with E-state index in [9.17, 15) is 4.39 Å². The van der Waals surface area contributed by atoms with Gasteiger partial charge in [0.25, 0.3) is 0 Å². The quantitative estimate of drug-likeness (QED) is 0.780. The maximum Gasteiger partial charge on any atom is 0.127 e. The van der Waals surface area contributed by atoms with Crippen molar-refractivity contribution in [3.05, 3.63) is 35.6 Å². The summed E-state index contributed by atoms with van der Waals surface area (Å²) in [5.74, 6) is 0.549. The number of rotatable bonds is 4. The lowest BCUT2D eigenvalue weighted by molar-refractivity contribution is 0.308. The average Bonchev–Trinajstić information content (AvgIpc) is 2.18. The van der Waals surface area contributed by atoms with Crippen LogP contribution in [0.15, 0.2) is 24.3 Å². The van der Waals surface area contributed by atoms with Crippen LogP contribution < -0.4 is 5.32 Å². The van der Waals surface area contributed by atoms with Crippen LogP contribution in [0.3, 0.4) is 0 Å². The van der Waals surface area contributed by atoms with Gasteiger partial charge in [-0.1, -0.05) is 18.2 Å². The van der Waals surface area contributed by atoms with Crippen LogP contribution in [-0.4, -0.2) is 11.9 Å². The van der Waals surface area contributed by atoms with Gasteiger partial charge in [0.2, 0.25) is 0 Å². The first-order valence-electron chi connectivity index (χ1n) is 5.34. The minimum absolute atomic E-state index is 0.131. The Balaban J connectivity index is 1.72. The molecule has 1 saturated carbocycles. The van der Waals surface area contributed by atoms with Crippen LogP contribution in [0.2, 0.25) is 0 Å². The zero-order chi connectivity index (χ0) is 10.7. The molecule has 0 spiro atoms. The molecule has 82 valence electrons. The maximum absolute atomic E-state index is 13.2. The first kappa shape index (κ1) is 10.9. The molecule has 1 aliphatic rings. The summed E-state index contributed by atoms with van der Waals surface area (Å²) in [4.78, 5) is 0. The van der Waals surface area contributed by atoms with E-state index in [1.807, 2.05) is 12.1 Å². The van der Waals surface area contributed by atoms with Crippen molar-refractivity contribution in [3.63, 3.8) is 0 Å². The smallest absolute Gasteiger partial charge is 0.127 e. The van der Waals surface area contributed by atoms with Gasteiger partial charge in [0, 0.05) is 17.5 Å². The topological polar surface area (TPSA) is 12.0 Å². The second-order valence-corrected chi connectivity index (χ2v) is 4.77. The van der Waals surface area contributed by atoms with Crippen molar-refractivity contribution in [2.75, 3.05) is 6.54 Å². The fourth-order valence-electron chi connectivity index (χ4n) is 1.87. The van der Waals surface area contributed by atoms with E-state index in [0.717, 1.165) is 24.9 Å². The van der Waals surface area contributed by atoms with Gasteiger partial charge in [0.15, 0.2) is 0 Å². The largest absolute Gasteiger partial charge is 0.312 e. The van der Waals surface area contributed by atoms with Gasteiger partial charge in [-0.3, -0.25) is 0 Å². The summed E-state index contributed by atoms with van der Waals surface area (Å²) in [5.41, 5.74) is 0.735. The van der Waals surface area contributed by atoms with Gasteiger partial charge in [-0.25, -0.2) is 4.39 Å². The lowest BCUT2D eigenvalue weighted by Gasteiger charge is -2.31. The molecule has 15 heavy (non-hydrogen) atoms. The van der Waals surface area contributed by atoms with E-state index in [4.69, 9.17) is 11.6 Å². The molecule has 1 aliphatic carbocycles. The molecule has 1 N–H and O–H groups in total. The average molecular weight is 228 g/mol. The molecule has 1 aromatic carbocycles. The summed E-state index contributed by atoms with van der Waals surface area (Å²) >= 11 is 5.88. The summed E-state index contributed by atoms with van der Waals surface area (Å²) in [6, 6.07) is 6.88. The fraction of sp³-hybridized carbons (Fsp3) is 0.500. The predicted octanol–water partition coefficient (Wildman–Crippen LogP) is 2.93. The minimum atomic E-state index is -0.131. The van der Waals surface area contributed by atoms with Crippen LogP contribution in [0.1, 0.15) is 18.4 Å². The van der Waals surface area contributed by atoms with E-state index in [0.29, 0.717) is 17.8 Å². The number of halogens is 2. The van der Waals surface area contributed by atoms with Crippen molar-refractivity contribution in [3.8, 4) is 0 Å². The Labute approximate surface area is 94.6 Å². The molecular formula is C12H15ClFN. The number of hydrogen-bond acceptors (Lipinski definition) is 1. The number of benzene rings is 1. The van der Waals surface area contributed by atoms with Crippen molar-refractivity contribution in [2.24, 2.45) is 5.92 Å². The second kappa shape index (κ2) is 4.95. The van der Waals surface area contributed by atoms with Gasteiger partial charge < -0.3 is 5.32 Å². The second-order valence-electron chi connectivity index (χ2n) is 4.16. The van der Waals surface area contributed by atoms with Gasteiger partial charge in [-0.15, -0.1) is 11.6 Å². The first-order chi connectivity index (χ1) is 7.25. The SMILES string of the molecule is Fc1ccccc1CNCC1CC(Cl)C1. The van der Waals surface area contributed by atoms with Gasteiger partial charge in [0.05, 0.1) is 0 Å². The summed E-state index contributed by atoms with van der Waals surface area (Å²) in [7, 11) is 0. The molecular weight excluding hydrogens is 213 g/mol. The Bertz CT molecular complexity index is 323. The highest BCUT2D eigenvalue weighted by Crippen LogP contribution is 2.31. The third-order valence-corrected chi connectivity index (χ3v) is 3.24. The molecule has 0 atom stereocenters. The van der Waals surface area contributed by atoms with Gasteiger partial charge in [-0.05, 0) is 31.4 Å². The van der Waals surface area contributed by atoms with Gasteiger partial charge in [0.1, 0.15) is 5.82 Å². The fourth-order valence-corrected chi connectivity index (χ4v) is 2.38. The zero-order valence-corrected chi connectivity index (χ0v) is 9.30. The Morgan fingerprint density at radius 1 is 1.33 bits per heavy atom. The summed E-state index contributed by atoms with van der Waals surface area (Å²) in [6.45, 7) is 1.55. The molecule has 0 aliphatic heterocycles. The van der Waals surface area contributed by atoms with Crippen LogP contribution in [-0.2, 0) is 6.54 Å². The monoisotopic (exact) mass is 227 g/mol. The molecule has 1 fully saturated rings. The molecule has 3 heteroatoms. The molecule has 0 radical (unpaired) electrons. The lowest BCUT2D eigenvalue weighted by Crippen LogP contribution is -2.33. The van der Waals surface area contributed by atoms with E-state index < -0.39 is 0 Å². The molecule has 0 bridgehead atoms. The molecule has 2 rings (SSSR count). The number of hydrogen-bond donors (Lipinski definition) is 1. The van der Waals surface area contributed by atoms with Crippen molar-refractivity contribution < 1.29 is 4.39 Å². The Morgan fingerprint density at radius 2 is 2.07 bits per heavy atom. The molecule has 0 heterocycles. The minimum Gasteiger partial charge on any atom is -0.312 e. The highest BCUT2D eigenvalue weighted by Gasteiger charge is 2.26. The maximum atomic E-state index is 13.2. The van der Waals surface area contributed by atoms with Gasteiger partial charge >= 0.3 is 0 Å². The Morgan fingerprint density at radius 3 is 2.73 bits per heavy atom. The first-order valence-corrected chi connectivity index (χ1v) is 5.77. The van der Waals surface area contributed by atoms with Crippen molar-refractivity contribution in [1.82, 2.24) is 5.32 Å². The summed E-state index contributed by atoms with van der Waals surface area (Å²) in [5, 5.41) is 3.63. The molecule has 1 nitrogen and oxygen atoms in total. The van der Waals surface area contributed by atoms with Crippen molar-refractivity contribution in [2.45, 2.75) is 24.8 Å².